The van der Waals surface area contributed by atoms with Gasteiger partial charge in [-0.3, -0.25) is 4.90 Å². The topological polar surface area (TPSA) is 18.5 Å². The van der Waals surface area contributed by atoms with Crippen molar-refractivity contribution < 1.29 is 0 Å². The number of nitrogens with one attached hydrogen (secondary N) is 1. The minimum absolute atomic E-state index is 0.724. The minimum Gasteiger partial charge on any atom is -0.313 e. The molecular formula is C16H33N3. The predicted octanol–water partition coefficient (Wildman–Crippen LogP) is 2.18. The second-order valence-corrected chi connectivity index (χ2v) is 6.90. The van der Waals surface area contributed by atoms with Gasteiger partial charge in [-0.25, -0.2) is 0 Å². The molecule has 1 aliphatic heterocycles. The summed E-state index contributed by atoms with van der Waals surface area (Å²) in [5.41, 5.74) is 0. The molecule has 0 amide bonds. The van der Waals surface area contributed by atoms with Crippen LogP contribution in [0, 0.1) is 5.92 Å². The third-order valence-corrected chi connectivity index (χ3v) is 5.17. The van der Waals surface area contributed by atoms with Crippen molar-refractivity contribution in [2.24, 2.45) is 5.92 Å². The first-order valence-electron chi connectivity index (χ1n) is 8.25. The van der Waals surface area contributed by atoms with Gasteiger partial charge in [0.25, 0.3) is 0 Å². The van der Waals surface area contributed by atoms with Crippen molar-refractivity contribution in [1.29, 1.82) is 0 Å². The van der Waals surface area contributed by atoms with Crippen LogP contribution in [0.2, 0.25) is 0 Å². The molecule has 3 heteroatoms. The standard InChI is InChI=1S/C16H33N3/c1-5-17-15-9-8-13(2)11-16(15)19-10-6-7-14(12-19)18(3)4/h13-17H,5-12H2,1-4H3. The number of nitrogens with zero attached hydrogens (tertiary/aromatic N) is 2. The molecule has 0 radical (unpaired) electrons. The van der Waals surface area contributed by atoms with Crippen LogP contribution in [-0.4, -0.2) is 61.7 Å². The molecule has 1 saturated carbocycles. The van der Waals surface area contributed by atoms with Crippen LogP contribution in [0.25, 0.3) is 0 Å². The first-order chi connectivity index (χ1) is 9.11. The zero-order valence-electron chi connectivity index (χ0n) is 13.4. The van der Waals surface area contributed by atoms with Crippen LogP contribution in [0.4, 0.5) is 0 Å². The normalized spacial score (nSPS) is 37.7. The summed E-state index contributed by atoms with van der Waals surface area (Å²) < 4.78 is 0. The van der Waals surface area contributed by atoms with Crippen LogP contribution in [0.3, 0.4) is 0 Å². The van der Waals surface area contributed by atoms with E-state index in [0.717, 1.165) is 30.6 Å². The fourth-order valence-corrected chi connectivity index (χ4v) is 3.96. The van der Waals surface area contributed by atoms with Gasteiger partial charge < -0.3 is 10.2 Å². The quantitative estimate of drug-likeness (QED) is 0.842. The summed E-state index contributed by atoms with van der Waals surface area (Å²) in [5, 5.41) is 3.74. The molecule has 1 saturated heterocycles. The van der Waals surface area contributed by atoms with Crippen LogP contribution < -0.4 is 5.32 Å². The Hall–Kier alpha value is -0.120. The van der Waals surface area contributed by atoms with Gasteiger partial charge in [-0.1, -0.05) is 13.8 Å². The highest BCUT2D eigenvalue weighted by Gasteiger charge is 2.35. The molecule has 112 valence electrons. The second-order valence-electron chi connectivity index (χ2n) is 6.90. The second kappa shape index (κ2) is 7.05. The Bertz CT molecular complexity index is 267. The molecule has 2 aliphatic rings. The first kappa shape index (κ1) is 15.3. The Morgan fingerprint density at radius 1 is 1.21 bits per heavy atom. The Labute approximate surface area is 119 Å². The van der Waals surface area contributed by atoms with Gasteiger partial charge in [-0.05, 0) is 65.2 Å². The average molecular weight is 267 g/mol. The van der Waals surface area contributed by atoms with E-state index in [1.54, 1.807) is 0 Å². The van der Waals surface area contributed by atoms with Gasteiger partial charge in [0.2, 0.25) is 0 Å². The van der Waals surface area contributed by atoms with Crippen LogP contribution in [0.1, 0.15) is 46.0 Å². The van der Waals surface area contributed by atoms with Crippen molar-refractivity contribution in [3.63, 3.8) is 0 Å². The Kier molecular flexibility index (Phi) is 5.67. The van der Waals surface area contributed by atoms with Crippen LogP contribution in [0.5, 0.6) is 0 Å². The Morgan fingerprint density at radius 2 is 2.00 bits per heavy atom. The molecule has 3 nitrogen and oxygen atoms in total. The third-order valence-electron chi connectivity index (χ3n) is 5.17. The molecule has 0 aromatic heterocycles. The maximum absolute atomic E-state index is 3.74. The van der Waals surface area contributed by atoms with Gasteiger partial charge in [0.1, 0.15) is 0 Å². The van der Waals surface area contributed by atoms with Crippen LogP contribution >= 0.6 is 0 Å². The SMILES string of the molecule is CCNC1CCC(C)CC1N1CCCC(N(C)C)C1. The van der Waals surface area contributed by atoms with E-state index in [9.17, 15) is 0 Å². The van der Waals surface area contributed by atoms with E-state index in [0.29, 0.717) is 0 Å². The van der Waals surface area contributed by atoms with E-state index < -0.39 is 0 Å². The molecule has 2 rings (SSSR count). The molecule has 1 heterocycles. The fourth-order valence-electron chi connectivity index (χ4n) is 3.96. The van der Waals surface area contributed by atoms with Crippen LogP contribution in [0.15, 0.2) is 0 Å². The van der Waals surface area contributed by atoms with E-state index in [4.69, 9.17) is 0 Å². The van der Waals surface area contributed by atoms with Crippen LogP contribution in [-0.2, 0) is 0 Å². The maximum Gasteiger partial charge on any atom is 0.0252 e. The molecule has 0 aromatic rings. The lowest BCUT2D eigenvalue weighted by Crippen LogP contribution is -2.57. The molecule has 1 aliphatic carbocycles. The summed E-state index contributed by atoms with van der Waals surface area (Å²) in [4.78, 5) is 5.21. The average Bonchev–Trinajstić information content (AvgIpc) is 2.41. The molecule has 4 unspecified atom stereocenters. The van der Waals surface area contributed by atoms with Crippen molar-refractivity contribution in [3.05, 3.63) is 0 Å². The van der Waals surface area contributed by atoms with Gasteiger partial charge in [-0.15, -0.1) is 0 Å². The van der Waals surface area contributed by atoms with Crippen molar-refractivity contribution in [2.45, 2.75) is 64.1 Å². The lowest BCUT2D eigenvalue weighted by Gasteiger charge is -2.46. The van der Waals surface area contributed by atoms with Crippen molar-refractivity contribution in [2.75, 3.05) is 33.7 Å². The zero-order chi connectivity index (χ0) is 13.8. The first-order valence-corrected chi connectivity index (χ1v) is 8.25. The highest BCUT2D eigenvalue weighted by molar-refractivity contribution is 4.93. The van der Waals surface area contributed by atoms with Gasteiger partial charge in [-0.2, -0.15) is 0 Å². The van der Waals surface area contributed by atoms with Crippen molar-refractivity contribution >= 4 is 0 Å². The fraction of sp³-hybridized carbons (Fsp3) is 1.00. The molecule has 0 aromatic carbocycles. The number of likely N-dealkylation sites (tertiary alicyclic amines) is 1. The lowest BCUT2D eigenvalue weighted by molar-refractivity contribution is 0.0497. The van der Waals surface area contributed by atoms with Gasteiger partial charge in [0.05, 0.1) is 0 Å². The molecule has 0 spiro atoms. The van der Waals surface area contributed by atoms with Crippen molar-refractivity contribution in [1.82, 2.24) is 15.1 Å². The summed E-state index contributed by atoms with van der Waals surface area (Å²) in [6.45, 7) is 8.37. The molecule has 0 bridgehead atoms. The lowest BCUT2D eigenvalue weighted by atomic mass is 9.81. The third kappa shape index (κ3) is 3.93. The number of likely N-dealkylation sites (N-methyl/N-ethyl adjacent to an activating group) is 2. The zero-order valence-corrected chi connectivity index (χ0v) is 13.4. The highest BCUT2D eigenvalue weighted by atomic mass is 15.2. The van der Waals surface area contributed by atoms with E-state index in [1.807, 2.05) is 0 Å². The Morgan fingerprint density at radius 3 is 2.68 bits per heavy atom. The van der Waals surface area contributed by atoms with Gasteiger partial charge in [0.15, 0.2) is 0 Å². The van der Waals surface area contributed by atoms with E-state index in [1.165, 1.54) is 45.2 Å². The highest BCUT2D eigenvalue weighted by Crippen LogP contribution is 2.30. The summed E-state index contributed by atoms with van der Waals surface area (Å²) in [6.07, 6.45) is 6.89. The maximum atomic E-state index is 3.74. The summed E-state index contributed by atoms with van der Waals surface area (Å²) in [6, 6.07) is 2.25. The summed E-state index contributed by atoms with van der Waals surface area (Å²) in [7, 11) is 4.47. The predicted molar refractivity (Wildman–Crippen MR) is 82.5 cm³/mol. The molecular weight excluding hydrogens is 234 g/mol. The monoisotopic (exact) mass is 267 g/mol. The van der Waals surface area contributed by atoms with E-state index in [-0.39, 0.29) is 0 Å². The number of piperidine rings is 1. The number of hydrogen-bond acceptors (Lipinski definition) is 3. The summed E-state index contributed by atoms with van der Waals surface area (Å²) in [5.74, 6) is 0.902. The molecule has 2 fully saturated rings. The van der Waals surface area contributed by atoms with E-state index in [2.05, 4.69) is 43.1 Å². The van der Waals surface area contributed by atoms with E-state index >= 15 is 0 Å². The number of hydrogen-bond donors (Lipinski definition) is 1. The smallest absolute Gasteiger partial charge is 0.0252 e. The summed E-state index contributed by atoms with van der Waals surface area (Å²) >= 11 is 0. The largest absolute Gasteiger partial charge is 0.313 e. The number of rotatable bonds is 4. The minimum atomic E-state index is 0.724. The Balaban J connectivity index is 1.99. The van der Waals surface area contributed by atoms with Crippen molar-refractivity contribution in [3.8, 4) is 0 Å². The molecule has 4 atom stereocenters. The van der Waals surface area contributed by atoms with Gasteiger partial charge in [0, 0.05) is 24.7 Å². The molecule has 1 N–H and O–H groups in total. The van der Waals surface area contributed by atoms with Gasteiger partial charge >= 0.3 is 0 Å². The molecule has 19 heavy (non-hydrogen) atoms.